The third-order valence-electron chi connectivity index (χ3n) is 4.19. The summed E-state index contributed by atoms with van der Waals surface area (Å²) in [6.07, 6.45) is 11.7. The molecule has 3 rings (SSSR count). The van der Waals surface area contributed by atoms with Crippen LogP contribution < -0.4 is 0 Å². The van der Waals surface area contributed by atoms with Gasteiger partial charge in [0.1, 0.15) is 5.82 Å². The molecular formula is C17H22N2. The number of para-hydroxylation sites is 2. The van der Waals surface area contributed by atoms with E-state index in [-0.39, 0.29) is 0 Å². The fraction of sp³-hybridized carbons (Fsp3) is 0.471. The van der Waals surface area contributed by atoms with Gasteiger partial charge in [0.2, 0.25) is 0 Å². The highest BCUT2D eigenvalue weighted by atomic mass is 15.1. The molecule has 0 bridgehead atoms. The Kier molecular flexibility index (Phi) is 3.67. The van der Waals surface area contributed by atoms with Crippen molar-refractivity contribution >= 4 is 11.0 Å². The second-order valence-electron chi connectivity index (χ2n) is 5.58. The van der Waals surface area contributed by atoms with Gasteiger partial charge in [-0.1, -0.05) is 43.5 Å². The van der Waals surface area contributed by atoms with Crippen molar-refractivity contribution in [3.8, 4) is 0 Å². The lowest BCUT2D eigenvalue weighted by Crippen LogP contribution is -2.04. The first-order chi connectivity index (χ1) is 9.34. The third-order valence-corrected chi connectivity index (χ3v) is 4.19. The van der Waals surface area contributed by atoms with Crippen LogP contribution in [0.5, 0.6) is 0 Å². The molecule has 1 aliphatic carbocycles. The van der Waals surface area contributed by atoms with E-state index in [1.807, 2.05) is 0 Å². The average molecular weight is 254 g/mol. The molecule has 1 aliphatic rings. The van der Waals surface area contributed by atoms with Crippen molar-refractivity contribution in [1.29, 1.82) is 0 Å². The van der Waals surface area contributed by atoms with Crippen LogP contribution >= 0.6 is 0 Å². The number of allylic oxidation sites excluding steroid dienone is 2. The summed E-state index contributed by atoms with van der Waals surface area (Å²) in [7, 11) is 0. The van der Waals surface area contributed by atoms with Crippen molar-refractivity contribution in [2.45, 2.75) is 45.6 Å². The summed E-state index contributed by atoms with van der Waals surface area (Å²) in [5.41, 5.74) is 2.35. The molecule has 100 valence electrons. The van der Waals surface area contributed by atoms with Gasteiger partial charge in [-0.2, -0.15) is 0 Å². The van der Waals surface area contributed by atoms with Gasteiger partial charge in [-0.05, 0) is 37.8 Å². The van der Waals surface area contributed by atoms with Crippen LogP contribution in [0.15, 0.2) is 36.4 Å². The predicted molar refractivity (Wildman–Crippen MR) is 80.2 cm³/mol. The number of aryl methyl sites for hydroxylation is 1. The lowest BCUT2D eigenvalue weighted by atomic mass is 9.89. The minimum atomic E-state index is 0.809. The Morgan fingerprint density at radius 1 is 1.21 bits per heavy atom. The number of fused-ring (bicyclic) bond motifs is 1. The van der Waals surface area contributed by atoms with Crippen LogP contribution in [0, 0.1) is 12.8 Å². The molecule has 2 heteroatoms. The van der Waals surface area contributed by atoms with Crippen LogP contribution in [0.3, 0.4) is 0 Å². The number of rotatable bonds is 3. The van der Waals surface area contributed by atoms with E-state index in [0.717, 1.165) is 23.8 Å². The molecule has 0 spiro atoms. The van der Waals surface area contributed by atoms with Crippen LogP contribution in [0.1, 0.15) is 37.9 Å². The van der Waals surface area contributed by atoms with Crippen molar-refractivity contribution in [3.63, 3.8) is 0 Å². The van der Waals surface area contributed by atoms with Crippen LogP contribution in [0.4, 0.5) is 0 Å². The summed E-state index contributed by atoms with van der Waals surface area (Å²) < 4.78 is 2.30. The molecule has 1 saturated carbocycles. The molecule has 1 fully saturated rings. The van der Waals surface area contributed by atoms with Gasteiger partial charge < -0.3 is 4.57 Å². The summed E-state index contributed by atoms with van der Waals surface area (Å²) in [5, 5.41) is 0. The molecule has 0 aliphatic heterocycles. The van der Waals surface area contributed by atoms with E-state index in [2.05, 4.69) is 52.9 Å². The van der Waals surface area contributed by atoms with Gasteiger partial charge in [0, 0.05) is 6.54 Å². The molecule has 1 heterocycles. The Hall–Kier alpha value is -1.57. The molecule has 0 N–H and O–H groups in total. The smallest absolute Gasteiger partial charge is 0.107 e. The Morgan fingerprint density at radius 3 is 2.84 bits per heavy atom. The molecule has 2 aromatic rings. The van der Waals surface area contributed by atoms with E-state index < -0.39 is 0 Å². The first kappa shape index (κ1) is 12.5. The monoisotopic (exact) mass is 254 g/mol. The molecule has 1 aromatic carbocycles. The van der Waals surface area contributed by atoms with Gasteiger partial charge in [0.05, 0.1) is 11.0 Å². The number of hydrogen-bond acceptors (Lipinski definition) is 1. The minimum Gasteiger partial charge on any atom is -0.324 e. The maximum absolute atomic E-state index is 4.61. The van der Waals surface area contributed by atoms with Crippen molar-refractivity contribution < 1.29 is 0 Å². The Bertz CT molecular complexity index is 574. The predicted octanol–water partition coefficient (Wildman–Crippen LogP) is 4.48. The van der Waals surface area contributed by atoms with Gasteiger partial charge in [-0.15, -0.1) is 0 Å². The molecule has 0 amide bonds. The molecule has 2 nitrogen and oxygen atoms in total. The normalized spacial score (nSPS) is 17.5. The maximum Gasteiger partial charge on any atom is 0.107 e. The molecule has 19 heavy (non-hydrogen) atoms. The zero-order valence-electron chi connectivity index (χ0n) is 11.7. The fourth-order valence-corrected chi connectivity index (χ4v) is 3.11. The largest absolute Gasteiger partial charge is 0.324 e. The highest BCUT2D eigenvalue weighted by Gasteiger charge is 2.10. The van der Waals surface area contributed by atoms with Crippen molar-refractivity contribution in [2.24, 2.45) is 5.92 Å². The molecular weight excluding hydrogens is 232 g/mol. The summed E-state index contributed by atoms with van der Waals surface area (Å²) >= 11 is 0. The number of aromatic nitrogens is 2. The van der Waals surface area contributed by atoms with Crippen LogP contribution in [-0.2, 0) is 6.54 Å². The molecule has 0 unspecified atom stereocenters. The van der Waals surface area contributed by atoms with Gasteiger partial charge in [0.15, 0.2) is 0 Å². The van der Waals surface area contributed by atoms with Crippen molar-refractivity contribution in [3.05, 3.63) is 42.2 Å². The second kappa shape index (κ2) is 5.60. The van der Waals surface area contributed by atoms with E-state index in [1.54, 1.807) is 0 Å². The summed E-state index contributed by atoms with van der Waals surface area (Å²) in [6.45, 7) is 3.04. The lowest BCUT2D eigenvalue weighted by Gasteiger charge is -2.17. The summed E-state index contributed by atoms with van der Waals surface area (Å²) in [6, 6.07) is 8.38. The van der Waals surface area contributed by atoms with E-state index in [4.69, 9.17) is 0 Å². The number of nitrogens with zero attached hydrogens (tertiary/aromatic N) is 2. The van der Waals surface area contributed by atoms with Gasteiger partial charge in [-0.3, -0.25) is 0 Å². The molecule has 0 atom stereocenters. The quantitative estimate of drug-likeness (QED) is 0.738. The van der Waals surface area contributed by atoms with Gasteiger partial charge in [-0.25, -0.2) is 4.98 Å². The van der Waals surface area contributed by atoms with Crippen molar-refractivity contribution in [2.75, 3.05) is 0 Å². The minimum absolute atomic E-state index is 0.809. The maximum atomic E-state index is 4.61. The first-order valence-electron chi connectivity index (χ1n) is 7.43. The standard InChI is InChI=1S/C17H22N2/c1-14-18-16-11-5-6-12-17(16)19(14)13-7-10-15-8-3-2-4-9-15/h5-7,10-12,15H,2-4,8-9,13H2,1H3/b10-7+. The van der Waals surface area contributed by atoms with Crippen LogP contribution in [0.25, 0.3) is 11.0 Å². The summed E-state index contributed by atoms with van der Waals surface area (Å²) in [4.78, 5) is 4.61. The second-order valence-corrected chi connectivity index (χ2v) is 5.58. The van der Waals surface area contributed by atoms with E-state index >= 15 is 0 Å². The van der Waals surface area contributed by atoms with Crippen LogP contribution in [0.2, 0.25) is 0 Å². The Balaban J connectivity index is 1.74. The molecule has 1 aromatic heterocycles. The zero-order valence-corrected chi connectivity index (χ0v) is 11.7. The first-order valence-corrected chi connectivity index (χ1v) is 7.43. The lowest BCUT2D eigenvalue weighted by molar-refractivity contribution is 0.418. The summed E-state index contributed by atoms with van der Waals surface area (Å²) in [5.74, 6) is 1.92. The van der Waals surface area contributed by atoms with Crippen LogP contribution in [-0.4, -0.2) is 9.55 Å². The highest BCUT2D eigenvalue weighted by molar-refractivity contribution is 5.75. The SMILES string of the molecule is Cc1nc2ccccc2n1C/C=C/C1CCCCC1. The number of hydrogen-bond donors (Lipinski definition) is 0. The van der Waals surface area contributed by atoms with E-state index in [0.29, 0.717) is 0 Å². The third kappa shape index (κ3) is 2.73. The molecule has 0 radical (unpaired) electrons. The Labute approximate surface area is 115 Å². The van der Waals surface area contributed by atoms with Crippen molar-refractivity contribution in [1.82, 2.24) is 9.55 Å². The van der Waals surface area contributed by atoms with Gasteiger partial charge in [0.25, 0.3) is 0 Å². The zero-order chi connectivity index (χ0) is 13.1. The fourth-order valence-electron chi connectivity index (χ4n) is 3.11. The topological polar surface area (TPSA) is 17.8 Å². The number of benzene rings is 1. The average Bonchev–Trinajstić information content (AvgIpc) is 2.76. The Morgan fingerprint density at radius 2 is 2.00 bits per heavy atom. The van der Waals surface area contributed by atoms with E-state index in [1.165, 1.54) is 37.6 Å². The molecule has 0 saturated heterocycles. The highest BCUT2D eigenvalue weighted by Crippen LogP contribution is 2.24. The van der Waals surface area contributed by atoms with E-state index in [9.17, 15) is 0 Å². The van der Waals surface area contributed by atoms with Gasteiger partial charge >= 0.3 is 0 Å². The number of imidazole rings is 1.